The van der Waals surface area contributed by atoms with Crippen LogP contribution in [0.5, 0.6) is 0 Å². The summed E-state index contributed by atoms with van der Waals surface area (Å²) < 4.78 is 11.0. The van der Waals surface area contributed by atoms with Crippen LogP contribution in [0.3, 0.4) is 0 Å². The van der Waals surface area contributed by atoms with Crippen molar-refractivity contribution in [3.63, 3.8) is 0 Å². The largest absolute Gasteiger partial charge is 0.381 e. The summed E-state index contributed by atoms with van der Waals surface area (Å²) >= 11 is 1.59. The van der Waals surface area contributed by atoms with Crippen molar-refractivity contribution in [2.45, 2.75) is 25.8 Å². The van der Waals surface area contributed by atoms with Crippen molar-refractivity contribution in [1.82, 2.24) is 10.2 Å². The smallest absolute Gasteiger partial charge is 0.261 e. The van der Waals surface area contributed by atoms with E-state index in [4.69, 9.17) is 9.47 Å². The van der Waals surface area contributed by atoms with Gasteiger partial charge in [0.1, 0.15) is 0 Å². The summed E-state index contributed by atoms with van der Waals surface area (Å²) in [4.78, 5) is 16.9. The molecule has 1 aromatic rings. The molecule has 0 spiro atoms. The molecule has 6 heteroatoms. The van der Waals surface area contributed by atoms with Crippen molar-refractivity contribution >= 4 is 17.2 Å². The molecule has 128 valence electrons. The first-order chi connectivity index (χ1) is 11.3. The number of nitrogens with one attached hydrogen (secondary N) is 1. The molecule has 1 N–H and O–H groups in total. The van der Waals surface area contributed by atoms with Gasteiger partial charge < -0.3 is 14.8 Å². The SMILES string of the molecule is CCc1ccc(C(=O)NC[C@@H]([C@H]2CCOC2)N2CCOCC2)s1. The number of carbonyl (C=O) groups excluding carboxylic acids is 1. The average molecular weight is 338 g/mol. The molecule has 23 heavy (non-hydrogen) atoms. The zero-order valence-corrected chi connectivity index (χ0v) is 14.6. The highest BCUT2D eigenvalue weighted by atomic mass is 32.1. The van der Waals surface area contributed by atoms with E-state index in [2.05, 4.69) is 17.1 Å². The normalized spacial score (nSPS) is 23.8. The molecule has 2 fully saturated rings. The lowest BCUT2D eigenvalue weighted by molar-refractivity contribution is 0.00167. The highest BCUT2D eigenvalue weighted by Gasteiger charge is 2.31. The van der Waals surface area contributed by atoms with Crippen LogP contribution in [0.15, 0.2) is 12.1 Å². The Morgan fingerprint density at radius 1 is 1.35 bits per heavy atom. The lowest BCUT2D eigenvalue weighted by atomic mass is 9.97. The average Bonchev–Trinajstić information content (AvgIpc) is 3.27. The van der Waals surface area contributed by atoms with Crippen molar-refractivity contribution in [3.8, 4) is 0 Å². The van der Waals surface area contributed by atoms with Gasteiger partial charge in [-0.15, -0.1) is 11.3 Å². The van der Waals surface area contributed by atoms with Crippen LogP contribution in [-0.4, -0.2) is 62.9 Å². The molecule has 5 nitrogen and oxygen atoms in total. The first kappa shape index (κ1) is 16.9. The second-order valence-corrected chi connectivity index (χ2v) is 7.34. The predicted molar refractivity (Wildman–Crippen MR) is 91.1 cm³/mol. The number of aryl methyl sites for hydroxylation is 1. The Kier molecular flexibility index (Phi) is 6.05. The Labute approximate surface area is 142 Å². The summed E-state index contributed by atoms with van der Waals surface area (Å²) in [7, 11) is 0. The van der Waals surface area contributed by atoms with E-state index in [0.29, 0.717) is 18.5 Å². The molecule has 2 atom stereocenters. The molecule has 0 bridgehead atoms. The van der Waals surface area contributed by atoms with Crippen LogP contribution >= 0.6 is 11.3 Å². The molecule has 2 aliphatic heterocycles. The molecule has 3 heterocycles. The zero-order chi connectivity index (χ0) is 16.1. The maximum Gasteiger partial charge on any atom is 0.261 e. The van der Waals surface area contributed by atoms with Crippen molar-refractivity contribution in [1.29, 1.82) is 0 Å². The van der Waals surface area contributed by atoms with E-state index in [1.807, 2.05) is 12.1 Å². The van der Waals surface area contributed by atoms with Gasteiger partial charge in [0.2, 0.25) is 0 Å². The maximum atomic E-state index is 12.4. The minimum Gasteiger partial charge on any atom is -0.381 e. The third kappa shape index (κ3) is 4.32. The Hall–Kier alpha value is -0.950. The van der Waals surface area contributed by atoms with E-state index in [9.17, 15) is 4.79 Å². The summed E-state index contributed by atoms with van der Waals surface area (Å²) in [5.74, 6) is 0.551. The highest BCUT2D eigenvalue weighted by Crippen LogP contribution is 2.22. The van der Waals surface area contributed by atoms with E-state index in [0.717, 1.165) is 57.2 Å². The van der Waals surface area contributed by atoms with E-state index < -0.39 is 0 Å². The van der Waals surface area contributed by atoms with Gasteiger partial charge in [0.15, 0.2) is 0 Å². The molecule has 2 aliphatic rings. The van der Waals surface area contributed by atoms with Crippen LogP contribution in [0, 0.1) is 5.92 Å². The summed E-state index contributed by atoms with van der Waals surface area (Å²) in [5.41, 5.74) is 0. The van der Waals surface area contributed by atoms with E-state index in [1.165, 1.54) is 4.88 Å². The molecule has 0 radical (unpaired) electrons. The third-order valence-corrected chi connectivity index (χ3v) is 5.96. The first-order valence-corrected chi connectivity index (χ1v) is 9.36. The van der Waals surface area contributed by atoms with Crippen LogP contribution < -0.4 is 5.32 Å². The van der Waals surface area contributed by atoms with Crippen molar-refractivity contribution in [3.05, 3.63) is 21.9 Å². The van der Waals surface area contributed by atoms with Gasteiger partial charge in [-0.25, -0.2) is 0 Å². The highest BCUT2D eigenvalue weighted by molar-refractivity contribution is 7.14. The summed E-state index contributed by atoms with van der Waals surface area (Å²) in [6.07, 6.45) is 2.06. The quantitative estimate of drug-likeness (QED) is 0.859. The zero-order valence-electron chi connectivity index (χ0n) is 13.8. The molecule has 3 rings (SSSR count). The van der Waals surface area contributed by atoms with Gasteiger partial charge in [0, 0.05) is 43.1 Å². The molecule has 0 aliphatic carbocycles. The number of ether oxygens (including phenoxy) is 2. The van der Waals surface area contributed by atoms with Gasteiger partial charge in [-0.3, -0.25) is 9.69 Å². The summed E-state index contributed by atoms with van der Waals surface area (Å²) in [5, 5.41) is 3.14. The second kappa shape index (κ2) is 8.24. The maximum absolute atomic E-state index is 12.4. The van der Waals surface area contributed by atoms with Gasteiger partial charge in [-0.2, -0.15) is 0 Å². The van der Waals surface area contributed by atoms with E-state index in [-0.39, 0.29) is 5.91 Å². The monoisotopic (exact) mass is 338 g/mol. The number of rotatable bonds is 6. The number of hydrogen-bond acceptors (Lipinski definition) is 5. The number of amides is 1. The van der Waals surface area contributed by atoms with Crippen molar-refractivity contribution in [2.24, 2.45) is 5.92 Å². The van der Waals surface area contributed by atoms with Crippen LogP contribution in [0.4, 0.5) is 0 Å². The van der Waals surface area contributed by atoms with Gasteiger partial charge in [0.05, 0.1) is 24.7 Å². The summed E-state index contributed by atoms with van der Waals surface area (Å²) in [6, 6.07) is 4.32. The van der Waals surface area contributed by atoms with Crippen LogP contribution in [0.2, 0.25) is 0 Å². The van der Waals surface area contributed by atoms with Crippen LogP contribution in [0.1, 0.15) is 27.9 Å². The van der Waals surface area contributed by atoms with Gasteiger partial charge in [-0.05, 0) is 25.0 Å². The topological polar surface area (TPSA) is 50.8 Å². The van der Waals surface area contributed by atoms with Crippen LogP contribution in [0.25, 0.3) is 0 Å². The van der Waals surface area contributed by atoms with Gasteiger partial charge in [0.25, 0.3) is 5.91 Å². The van der Waals surface area contributed by atoms with E-state index >= 15 is 0 Å². The molecular formula is C17H26N2O3S. The second-order valence-electron chi connectivity index (χ2n) is 6.17. The predicted octanol–water partition coefficient (Wildman–Crippen LogP) is 1.78. The molecular weight excluding hydrogens is 312 g/mol. The third-order valence-electron chi connectivity index (χ3n) is 4.73. The molecule has 2 saturated heterocycles. The molecule has 1 amide bonds. The fourth-order valence-electron chi connectivity index (χ4n) is 3.33. The number of morpholine rings is 1. The Balaban J connectivity index is 1.59. The molecule has 1 aromatic heterocycles. The number of thiophene rings is 1. The van der Waals surface area contributed by atoms with Crippen molar-refractivity contribution < 1.29 is 14.3 Å². The summed E-state index contributed by atoms with van der Waals surface area (Å²) in [6.45, 7) is 7.88. The minimum absolute atomic E-state index is 0.0480. The first-order valence-electron chi connectivity index (χ1n) is 8.54. The fraction of sp³-hybridized carbons (Fsp3) is 0.706. The van der Waals surface area contributed by atoms with Gasteiger partial charge >= 0.3 is 0 Å². The van der Waals surface area contributed by atoms with Crippen molar-refractivity contribution in [2.75, 3.05) is 46.1 Å². The van der Waals surface area contributed by atoms with Crippen LogP contribution in [-0.2, 0) is 15.9 Å². The molecule has 0 unspecified atom stereocenters. The molecule has 0 aromatic carbocycles. The van der Waals surface area contributed by atoms with E-state index in [1.54, 1.807) is 11.3 Å². The van der Waals surface area contributed by atoms with Gasteiger partial charge in [-0.1, -0.05) is 6.92 Å². The lowest BCUT2D eigenvalue weighted by Crippen LogP contribution is -2.52. The number of nitrogens with zero attached hydrogens (tertiary/aromatic N) is 1. The Bertz CT molecular complexity index is 508. The lowest BCUT2D eigenvalue weighted by Gasteiger charge is -2.37. The standard InChI is InChI=1S/C17H26N2O3S/c1-2-14-3-4-16(23-14)17(20)18-11-15(13-5-8-22-12-13)19-6-9-21-10-7-19/h3-4,13,15H,2,5-12H2,1H3,(H,18,20)/t13-,15-/m0/s1. The Morgan fingerprint density at radius 2 is 2.17 bits per heavy atom. The number of hydrogen-bond donors (Lipinski definition) is 1. The minimum atomic E-state index is 0.0480. The number of carbonyl (C=O) groups is 1. The Morgan fingerprint density at radius 3 is 2.83 bits per heavy atom. The fourth-order valence-corrected chi connectivity index (χ4v) is 4.20. The molecule has 0 saturated carbocycles.